The van der Waals surface area contributed by atoms with Crippen LogP contribution in [0.15, 0.2) is 195 Å². The third-order valence-electron chi connectivity index (χ3n) is 15.9. The molecule has 0 spiro atoms. The summed E-state index contributed by atoms with van der Waals surface area (Å²) in [4.78, 5) is 97.5. The number of carbonyl (C=O) groups is 3. The molecule has 9 aromatic heterocycles. The van der Waals surface area contributed by atoms with Crippen molar-refractivity contribution in [3.8, 4) is 68.5 Å². The van der Waals surface area contributed by atoms with Gasteiger partial charge in [0, 0.05) is 114 Å². The summed E-state index contributed by atoms with van der Waals surface area (Å²) in [6.07, 6.45) is 19.4. The van der Waals surface area contributed by atoms with Gasteiger partial charge in [-0.25, -0.2) is 39.9 Å². The minimum Gasteiger partial charge on any atom is -0.468 e. The summed E-state index contributed by atoms with van der Waals surface area (Å²) in [7, 11) is 6.31. The summed E-state index contributed by atoms with van der Waals surface area (Å²) in [5.41, 5.74) is 12.0. The normalized spacial score (nSPS) is 12.7. The number of fused-ring (bicyclic) bond motifs is 4. The number of nitrogens with one attached hydrogen (secondary N) is 1. The maximum atomic E-state index is 12.4. The van der Waals surface area contributed by atoms with Crippen LogP contribution >= 0.6 is 11.6 Å². The highest BCUT2D eigenvalue weighted by Gasteiger charge is 2.23. The number of methoxy groups -OCH3 is 4. The molecule has 2 aliphatic heterocycles. The number of carbonyl (C=O) groups excluding carboxylic acids is 3. The van der Waals surface area contributed by atoms with E-state index < -0.39 is 0 Å². The van der Waals surface area contributed by atoms with Crippen LogP contribution in [-0.2, 0) is 35.0 Å². The first-order chi connectivity index (χ1) is 51.0. The lowest BCUT2D eigenvalue weighted by atomic mass is 10.1. The van der Waals surface area contributed by atoms with Crippen molar-refractivity contribution in [2.24, 2.45) is 0 Å². The topological polar surface area (TPSA) is 311 Å². The number of rotatable bonds is 21. The summed E-state index contributed by atoms with van der Waals surface area (Å²) in [6, 6.07) is 40.8. The van der Waals surface area contributed by atoms with Gasteiger partial charge in [-0.1, -0.05) is 11.6 Å². The highest BCUT2D eigenvalue weighted by Crippen LogP contribution is 2.29. The Labute approximate surface area is 601 Å². The van der Waals surface area contributed by atoms with Crippen molar-refractivity contribution in [2.45, 2.75) is 25.7 Å². The number of benzene rings is 4. The first kappa shape index (κ1) is 71.7. The van der Waals surface area contributed by atoms with Gasteiger partial charge in [0.15, 0.2) is 56.3 Å². The molecule has 0 unspecified atom stereocenters. The molecule has 104 heavy (non-hydrogen) atoms. The number of hydrogen-bond acceptors (Lipinski definition) is 25. The van der Waals surface area contributed by atoms with E-state index in [-0.39, 0.29) is 51.2 Å². The Hall–Kier alpha value is -12.1. The highest BCUT2D eigenvalue weighted by molar-refractivity contribution is 6.31. The number of ether oxygens (including phenoxy) is 8. The molecular weight excluding hydrogens is 1350 g/mol. The number of anilines is 2. The number of ketones is 1. The Morgan fingerprint density at radius 1 is 0.433 bits per heavy atom. The fourth-order valence-electron chi connectivity index (χ4n) is 10.7. The standard InChI is InChI=1S/C22H18N4O3.C20H20N4O3.C19H19N5O3.C15H12ClN3O2/c1-28-14-29-18-6-4-16(5-7-18)22-25-13-20-19(26-22)9-15(11-24-20)10-21(27)17-3-2-8-23-12-17;1-26-13-27-16-7-5-14(6-8-16)20-22-12-18-17(23-20)10-15(11-21-18)24-9-3-2-4-19(24)25;1-26-12-27-15-4-2-13(3-5-15)19-22-10-17-16(23-19)8-14(9-21-17)24-7-6-20-11-18(24)25;1-20-9-21-12-4-2-10(3-5-12)15-18-8-14-13(19-15)6-11(16)7-17-14/h2-9,11-13H,10,14H2,1H3;5-8,10-12H,2-4,9,13H2,1H3;2-5,8-10,20H,6-7,11-12H2,1H3;2-8H,9H2,1H3. The second kappa shape index (κ2) is 35.5. The van der Waals surface area contributed by atoms with Crippen LogP contribution in [0.3, 0.4) is 0 Å². The lowest BCUT2D eigenvalue weighted by Gasteiger charge is -2.27. The van der Waals surface area contributed by atoms with E-state index in [1.165, 1.54) is 0 Å². The van der Waals surface area contributed by atoms with Crippen LogP contribution in [0.25, 0.3) is 89.7 Å². The number of halogens is 1. The number of Topliss-reactive ketones (excluding diaryl/α,β-unsaturated/α-hetero) is 1. The molecule has 13 aromatic rings. The number of piperidine rings is 1. The maximum absolute atomic E-state index is 12.4. The zero-order chi connectivity index (χ0) is 72.0. The van der Waals surface area contributed by atoms with Crippen LogP contribution in [0.4, 0.5) is 11.4 Å². The van der Waals surface area contributed by atoms with Gasteiger partial charge in [0.05, 0.1) is 82.2 Å². The lowest BCUT2D eigenvalue weighted by molar-refractivity contribution is -0.120. The molecule has 4 aromatic carbocycles. The molecule has 11 heterocycles. The van der Waals surface area contributed by atoms with Crippen LogP contribution in [-0.4, -0.2) is 164 Å². The van der Waals surface area contributed by atoms with Crippen molar-refractivity contribution in [1.82, 2.24) is 70.1 Å². The molecule has 27 nitrogen and oxygen atoms in total. The summed E-state index contributed by atoms with van der Waals surface area (Å²) in [5, 5.41) is 3.62. The molecule has 15 rings (SSSR count). The fraction of sp³-hybridized carbons (Fsp3) is 0.211. The van der Waals surface area contributed by atoms with Crippen LogP contribution < -0.4 is 34.1 Å². The van der Waals surface area contributed by atoms with E-state index in [4.69, 9.17) is 49.5 Å². The summed E-state index contributed by atoms with van der Waals surface area (Å²) < 4.78 is 41.1. The van der Waals surface area contributed by atoms with Gasteiger partial charge in [0.25, 0.3) is 0 Å². The van der Waals surface area contributed by atoms with Gasteiger partial charge in [0.2, 0.25) is 11.8 Å². The number of hydrogen-bond donors (Lipinski definition) is 1. The van der Waals surface area contributed by atoms with Crippen LogP contribution in [0.1, 0.15) is 35.2 Å². The molecule has 2 fully saturated rings. The Balaban J connectivity index is 0.000000131. The van der Waals surface area contributed by atoms with Gasteiger partial charge in [-0.05, 0) is 152 Å². The monoisotopic (exact) mass is 1420 g/mol. The molecule has 2 aliphatic rings. The number of piperazine rings is 1. The SMILES string of the molecule is COCOc1ccc(-c2ncc3ncc(CC(=O)c4cccnc4)cc3n2)cc1.COCOc1ccc(-c2ncc3ncc(Cl)cc3n2)cc1.COCOc1ccc(-c2ncc3ncc(N4CCCCC4=O)cc3n2)cc1.COCOc1ccc(-c2ncc3ncc(N4CCNCC4=O)cc3n2)cc1. The second-order valence-electron chi connectivity index (χ2n) is 23.1. The first-order valence-corrected chi connectivity index (χ1v) is 33.1. The van der Waals surface area contributed by atoms with Gasteiger partial charge in [0.1, 0.15) is 45.1 Å². The largest absolute Gasteiger partial charge is 0.468 e. The van der Waals surface area contributed by atoms with Gasteiger partial charge in [-0.15, -0.1) is 0 Å². The molecule has 0 aliphatic carbocycles. The van der Waals surface area contributed by atoms with Crippen molar-refractivity contribution in [1.29, 1.82) is 0 Å². The molecule has 0 atom stereocenters. The van der Waals surface area contributed by atoms with Crippen molar-refractivity contribution in [2.75, 3.05) is 91.6 Å². The quantitative estimate of drug-likeness (QED) is 0.0516. The molecule has 2 saturated heterocycles. The zero-order valence-electron chi connectivity index (χ0n) is 57.0. The minimum absolute atomic E-state index is 0.0137. The zero-order valence-corrected chi connectivity index (χ0v) is 57.8. The average molecular weight is 1420 g/mol. The number of aromatic nitrogens is 13. The number of nitrogens with zero attached hydrogens (tertiary/aromatic N) is 15. The van der Waals surface area contributed by atoms with Crippen LogP contribution in [0.2, 0.25) is 5.02 Å². The minimum atomic E-state index is -0.0137. The van der Waals surface area contributed by atoms with Gasteiger partial charge in [-0.2, -0.15) is 0 Å². The molecule has 2 amide bonds. The Bertz CT molecular complexity index is 4920. The van der Waals surface area contributed by atoms with Crippen molar-refractivity contribution in [3.05, 3.63) is 212 Å². The summed E-state index contributed by atoms with van der Waals surface area (Å²) >= 11 is 5.94. The van der Waals surface area contributed by atoms with Crippen LogP contribution in [0, 0.1) is 0 Å². The summed E-state index contributed by atoms with van der Waals surface area (Å²) in [5.74, 6) is 5.40. The van der Waals surface area contributed by atoms with Crippen molar-refractivity contribution in [3.63, 3.8) is 0 Å². The summed E-state index contributed by atoms with van der Waals surface area (Å²) in [6.45, 7) is 3.26. The van der Waals surface area contributed by atoms with E-state index in [1.807, 2.05) is 115 Å². The molecule has 526 valence electrons. The van der Waals surface area contributed by atoms with Crippen molar-refractivity contribution >= 4 is 84.7 Å². The Kier molecular flexibility index (Phi) is 24.5. The van der Waals surface area contributed by atoms with Crippen molar-refractivity contribution < 1.29 is 52.3 Å². The molecule has 1 N–H and O–H groups in total. The highest BCUT2D eigenvalue weighted by atomic mass is 35.5. The molecular formula is C76H69ClN16O11. The maximum Gasteiger partial charge on any atom is 0.241 e. The van der Waals surface area contributed by atoms with E-state index in [2.05, 4.69) is 70.1 Å². The molecule has 0 saturated carbocycles. The van der Waals surface area contributed by atoms with Gasteiger partial charge in [-0.3, -0.25) is 39.3 Å². The number of pyridine rings is 5. The number of amides is 2. The smallest absolute Gasteiger partial charge is 0.241 e. The van der Waals surface area contributed by atoms with E-state index in [0.717, 1.165) is 76.4 Å². The third kappa shape index (κ3) is 18.9. The third-order valence-corrected chi connectivity index (χ3v) is 16.1. The average Bonchev–Trinajstić information content (AvgIpc) is 0.809. The predicted octanol–water partition coefficient (Wildman–Crippen LogP) is 11.6. The van der Waals surface area contributed by atoms with Crippen LogP contribution in [0.5, 0.6) is 23.0 Å². The molecule has 0 radical (unpaired) electrons. The van der Waals surface area contributed by atoms with E-state index >= 15 is 0 Å². The Morgan fingerprint density at radius 2 is 0.837 bits per heavy atom. The molecule has 0 bridgehead atoms. The van der Waals surface area contributed by atoms with Gasteiger partial charge < -0.3 is 53.0 Å². The second-order valence-corrected chi connectivity index (χ2v) is 23.6. The Morgan fingerprint density at radius 3 is 1.24 bits per heavy atom. The van der Waals surface area contributed by atoms with E-state index in [1.54, 1.807) is 118 Å². The van der Waals surface area contributed by atoms with E-state index in [0.29, 0.717) is 109 Å². The fourth-order valence-corrected chi connectivity index (χ4v) is 10.9. The predicted molar refractivity (Wildman–Crippen MR) is 390 cm³/mol. The first-order valence-electron chi connectivity index (χ1n) is 32.8. The van der Waals surface area contributed by atoms with E-state index in [9.17, 15) is 14.4 Å². The molecule has 28 heteroatoms. The van der Waals surface area contributed by atoms with Gasteiger partial charge >= 0.3 is 0 Å². The lowest BCUT2D eigenvalue weighted by Crippen LogP contribution is -2.48.